The molecule has 0 spiro atoms. The van der Waals surface area contributed by atoms with Crippen molar-refractivity contribution in [2.24, 2.45) is 5.41 Å². The van der Waals surface area contributed by atoms with Crippen LogP contribution in [0.15, 0.2) is 72.5 Å². The van der Waals surface area contributed by atoms with E-state index in [1.54, 1.807) is 35.7 Å². The van der Waals surface area contributed by atoms with Crippen molar-refractivity contribution in [3.8, 4) is 38.6 Å². The zero-order valence-electron chi connectivity index (χ0n) is 34.5. The Balaban J connectivity index is 0.910. The van der Waals surface area contributed by atoms with E-state index in [1.165, 1.54) is 4.90 Å². The number of carbonyl (C=O) groups is 3. The highest BCUT2D eigenvalue weighted by molar-refractivity contribution is 7.13. The quantitative estimate of drug-likeness (QED) is 0.107. The van der Waals surface area contributed by atoms with Gasteiger partial charge in [-0.3, -0.25) is 19.1 Å². The Morgan fingerprint density at radius 2 is 1.82 bits per heavy atom. The molecule has 2 aliphatic rings. The molecule has 60 heavy (non-hydrogen) atoms. The molecular weight excluding hydrogens is 781 g/mol. The number of hydrogen-bond donors (Lipinski definition) is 5. The van der Waals surface area contributed by atoms with Crippen LogP contribution in [0.25, 0.3) is 32.8 Å². The minimum absolute atomic E-state index is 0.0161. The van der Waals surface area contributed by atoms with Gasteiger partial charge in [0.2, 0.25) is 17.7 Å². The second-order valence-corrected chi connectivity index (χ2v) is 17.8. The molecule has 2 fully saturated rings. The molecular formula is C44H54N10O5S. The predicted octanol–water partition coefficient (Wildman–Crippen LogP) is 4.95. The van der Waals surface area contributed by atoms with Gasteiger partial charge in [0, 0.05) is 55.4 Å². The summed E-state index contributed by atoms with van der Waals surface area (Å²) in [6.07, 6.45) is 5.75. The first-order valence-electron chi connectivity index (χ1n) is 20.5. The Bertz CT molecular complexity index is 2300. The van der Waals surface area contributed by atoms with Gasteiger partial charge in [-0.15, -0.1) is 21.5 Å². The molecule has 2 saturated heterocycles. The maximum absolute atomic E-state index is 14.1. The number of aromatic nitrogens is 5. The van der Waals surface area contributed by atoms with Crippen LogP contribution < -0.4 is 16.4 Å². The van der Waals surface area contributed by atoms with Crippen molar-refractivity contribution in [3.05, 3.63) is 83.8 Å². The standard InChI is InChI=1S/C44H54N10O5S/c1-27-39(60-26-47-27)29-15-13-28(14-16-29)21-46-42(58)36-19-32(55)25-53(36)43(59)40(44(2,3)4)49-38(57)12-8-18-52-17-7-9-31(24-52)54-23-30(22-48-54)34-20-35(50-51-41(34)45)33-10-5-6-11-37(33)56/h5-6,10-11,13-16,20,22-23,26,31-32,36,40,55-56H,7-9,12,17-19,21,24-25H2,1-4H3,(H2,45,51)(H,46,58)(H,49,57)/t31?,32-,36+,40-/m1/s1. The van der Waals surface area contributed by atoms with Crippen molar-refractivity contribution >= 4 is 34.9 Å². The number of thiazole rings is 1. The van der Waals surface area contributed by atoms with Crippen molar-refractivity contribution in [1.29, 1.82) is 0 Å². The Labute approximate surface area is 354 Å². The lowest BCUT2D eigenvalue weighted by Crippen LogP contribution is -2.57. The average Bonchev–Trinajstić information content (AvgIpc) is 3.99. The summed E-state index contributed by atoms with van der Waals surface area (Å²) in [6, 6.07) is 15.1. The van der Waals surface area contributed by atoms with Crippen LogP contribution in [0.2, 0.25) is 0 Å². The van der Waals surface area contributed by atoms with Crippen LogP contribution in [0.5, 0.6) is 5.75 Å². The van der Waals surface area contributed by atoms with E-state index in [4.69, 9.17) is 5.73 Å². The smallest absolute Gasteiger partial charge is 0.246 e. The van der Waals surface area contributed by atoms with Crippen LogP contribution in [0.4, 0.5) is 5.82 Å². The van der Waals surface area contributed by atoms with E-state index in [1.807, 2.05) is 80.5 Å². The summed E-state index contributed by atoms with van der Waals surface area (Å²) in [5, 5.41) is 39.9. The van der Waals surface area contributed by atoms with Gasteiger partial charge < -0.3 is 36.4 Å². The highest BCUT2D eigenvalue weighted by Crippen LogP contribution is 2.33. The molecule has 3 aromatic heterocycles. The summed E-state index contributed by atoms with van der Waals surface area (Å²) >= 11 is 1.58. The van der Waals surface area contributed by atoms with Crippen molar-refractivity contribution in [3.63, 3.8) is 0 Å². The van der Waals surface area contributed by atoms with Crippen LogP contribution in [-0.2, 0) is 20.9 Å². The van der Waals surface area contributed by atoms with Crippen molar-refractivity contribution < 1.29 is 24.6 Å². The number of para-hydroxylation sites is 1. The Morgan fingerprint density at radius 1 is 1.03 bits per heavy atom. The molecule has 1 unspecified atom stereocenters. The van der Waals surface area contributed by atoms with Crippen molar-refractivity contribution in [2.75, 3.05) is 31.9 Å². The van der Waals surface area contributed by atoms with Crippen LogP contribution in [0.3, 0.4) is 0 Å². The first-order chi connectivity index (χ1) is 28.7. The summed E-state index contributed by atoms with van der Waals surface area (Å²) in [6.45, 7) is 10.3. The molecule has 316 valence electrons. The molecule has 16 heteroatoms. The topological polar surface area (TPSA) is 205 Å². The molecule has 4 atom stereocenters. The third-order valence-electron chi connectivity index (χ3n) is 11.4. The number of amides is 3. The number of nitrogens with one attached hydrogen (secondary N) is 2. The van der Waals surface area contributed by atoms with E-state index < -0.39 is 23.6 Å². The van der Waals surface area contributed by atoms with E-state index in [0.717, 1.165) is 53.2 Å². The number of rotatable bonds is 13. The van der Waals surface area contributed by atoms with Gasteiger partial charge in [-0.2, -0.15) is 5.10 Å². The number of hydrogen-bond acceptors (Lipinski definition) is 12. The van der Waals surface area contributed by atoms with E-state index in [9.17, 15) is 24.6 Å². The minimum Gasteiger partial charge on any atom is -0.507 e. The number of phenolic OH excluding ortho intramolecular Hbond substituents is 1. The third kappa shape index (κ3) is 9.83. The molecule has 0 aliphatic carbocycles. The van der Waals surface area contributed by atoms with Gasteiger partial charge in [-0.1, -0.05) is 57.2 Å². The van der Waals surface area contributed by atoms with Gasteiger partial charge in [0.15, 0.2) is 5.82 Å². The Morgan fingerprint density at radius 3 is 2.55 bits per heavy atom. The SMILES string of the molecule is Cc1ncsc1-c1ccc(CNC(=O)[C@@H]2C[C@@H](O)CN2C(=O)[C@@H](NC(=O)CCCN2CCCC(n3cc(-c4cc(-c5ccccc5O)nnc4N)cn3)C2)C(C)(C)C)cc1. The van der Waals surface area contributed by atoms with Crippen molar-refractivity contribution in [2.45, 2.75) is 90.6 Å². The molecule has 2 aromatic carbocycles. The first-order valence-corrected chi connectivity index (χ1v) is 21.4. The number of nitrogens with zero attached hydrogens (tertiary/aromatic N) is 7. The van der Waals surface area contributed by atoms with E-state index in [2.05, 4.69) is 35.8 Å². The van der Waals surface area contributed by atoms with E-state index in [0.29, 0.717) is 29.8 Å². The van der Waals surface area contributed by atoms with Crippen LogP contribution >= 0.6 is 11.3 Å². The Hall–Kier alpha value is -5.71. The molecule has 6 N–H and O–H groups in total. The van der Waals surface area contributed by atoms with Gasteiger partial charge in [0.25, 0.3) is 0 Å². The molecule has 5 heterocycles. The van der Waals surface area contributed by atoms with E-state index in [-0.39, 0.29) is 61.3 Å². The number of aryl methyl sites for hydroxylation is 1. The molecule has 0 bridgehead atoms. The molecule has 2 aliphatic heterocycles. The summed E-state index contributed by atoms with van der Waals surface area (Å²) in [7, 11) is 0. The number of nitrogen functional groups attached to an aromatic ring is 1. The normalized spacial score (nSPS) is 18.9. The fraction of sp³-hybridized carbons (Fsp3) is 0.432. The number of piperidine rings is 1. The molecule has 7 rings (SSSR count). The number of nitrogens with two attached hydrogens (primary N) is 1. The van der Waals surface area contributed by atoms with Gasteiger partial charge in [0.05, 0.1) is 40.1 Å². The van der Waals surface area contributed by atoms with E-state index >= 15 is 0 Å². The maximum atomic E-state index is 14.1. The zero-order chi connectivity index (χ0) is 42.6. The number of aliphatic hydroxyl groups excluding tert-OH is 1. The van der Waals surface area contributed by atoms with Crippen LogP contribution in [-0.4, -0.2) is 107 Å². The Kier molecular flexibility index (Phi) is 12.9. The number of benzene rings is 2. The van der Waals surface area contributed by atoms with Crippen LogP contribution in [0.1, 0.15) is 70.2 Å². The average molecular weight is 835 g/mol. The number of anilines is 1. The second kappa shape index (κ2) is 18.3. The maximum Gasteiger partial charge on any atom is 0.246 e. The number of likely N-dealkylation sites (tertiary alicyclic amines) is 2. The molecule has 15 nitrogen and oxygen atoms in total. The number of aromatic hydroxyl groups is 1. The summed E-state index contributed by atoms with van der Waals surface area (Å²) < 4.78 is 1.96. The minimum atomic E-state index is -0.888. The number of β-amino-alcohol motifs (C(OH)–C–C–N with tert-alkyl or cyclic N) is 1. The van der Waals surface area contributed by atoms with Gasteiger partial charge >= 0.3 is 0 Å². The van der Waals surface area contributed by atoms with Gasteiger partial charge in [-0.05, 0) is 74.0 Å². The highest BCUT2D eigenvalue weighted by atomic mass is 32.1. The largest absolute Gasteiger partial charge is 0.507 e. The molecule has 0 radical (unpaired) electrons. The monoisotopic (exact) mass is 834 g/mol. The molecule has 0 saturated carbocycles. The summed E-state index contributed by atoms with van der Waals surface area (Å²) in [4.78, 5) is 50.2. The number of carbonyl (C=O) groups excluding carboxylic acids is 3. The predicted molar refractivity (Wildman–Crippen MR) is 230 cm³/mol. The third-order valence-corrected chi connectivity index (χ3v) is 12.3. The van der Waals surface area contributed by atoms with Gasteiger partial charge in [0.1, 0.15) is 17.8 Å². The fourth-order valence-electron chi connectivity index (χ4n) is 8.06. The molecule has 3 amide bonds. The summed E-state index contributed by atoms with van der Waals surface area (Å²) in [5.74, 6) is -0.585. The lowest BCUT2D eigenvalue weighted by molar-refractivity contribution is -0.144. The number of phenols is 1. The fourth-order valence-corrected chi connectivity index (χ4v) is 8.87. The highest BCUT2D eigenvalue weighted by Gasteiger charge is 2.44. The molecule has 5 aromatic rings. The lowest BCUT2D eigenvalue weighted by atomic mass is 9.85. The van der Waals surface area contributed by atoms with Gasteiger partial charge in [-0.25, -0.2) is 4.98 Å². The lowest BCUT2D eigenvalue weighted by Gasteiger charge is -2.35. The van der Waals surface area contributed by atoms with Crippen LogP contribution in [0, 0.1) is 12.3 Å². The van der Waals surface area contributed by atoms with Crippen molar-refractivity contribution in [1.82, 2.24) is 45.4 Å². The number of aliphatic hydroxyl groups is 1. The second-order valence-electron chi connectivity index (χ2n) is 16.9. The summed E-state index contributed by atoms with van der Waals surface area (Å²) in [5.41, 5.74) is 12.9. The zero-order valence-corrected chi connectivity index (χ0v) is 35.4. The first kappa shape index (κ1) is 42.4.